The zero-order chi connectivity index (χ0) is 11.5. The fraction of sp³-hybridized carbons (Fsp3) is 0.385. The summed E-state index contributed by atoms with van der Waals surface area (Å²) in [4.78, 5) is 22.4. The second-order valence-corrected chi connectivity index (χ2v) is 4.19. The van der Waals surface area contributed by atoms with Gasteiger partial charge in [0.05, 0.1) is 5.56 Å². The number of carbonyl (C=O) groups is 2. The third-order valence-electron chi connectivity index (χ3n) is 3.11. The maximum Gasteiger partial charge on any atom is 0.335 e. The molecule has 84 valence electrons. The predicted octanol–water partition coefficient (Wildman–Crippen LogP) is 2.61. The van der Waals surface area contributed by atoms with Gasteiger partial charge in [0.15, 0.2) is 0 Å². The Balaban J connectivity index is 2.20. The van der Waals surface area contributed by atoms with E-state index >= 15 is 0 Å². The van der Waals surface area contributed by atoms with E-state index in [2.05, 4.69) is 0 Å². The van der Waals surface area contributed by atoms with E-state index in [1.54, 1.807) is 24.3 Å². The molecule has 3 heteroatoms. The zero-order valence-electron chi connectivity index (χ0n) is 8.98. The highest BCUT2D eigenvalue weighted by Gasteiger charge is 2.23. The molecular formula is C13H14O3. The van der Waals surface area contributed by atoms with Gasteiger partial charge in [0, 0.05) is 12.3 Å². The summed E-state index contributed by atoms with van der Waals surface area (Å²) in [5.74, 6) is -0.660. The fourth-order valence-electron chi connectivity index (χ4n) is 2.19. The molecule has 0 amide bonds. The number of benzene rings is 1. The topological polar surface area (TPSA) is 54.4 Å². The summed E-state index contributed by atoms with van der Waals surface area (Å²) in [5, 5.41) is 8.77. The summed E-state index contributed by atoms with van der Waals surface area (Å²) in [6.45, 7) is 0. The van der Waals surface area contributed by atoms with Crippen molar-refractivity contribution in [2.45, 2.75) is 31.6 Å². The highest BCUT2D eigenvalue weighted by molar-refractivity contribution is 5.89. The van der Waals surface area contributed by atoms with Gasteiger partial charge in [-0.3, -0.25) is 4.79 Å². The van der Waals surface area contributed by atoms with Crippen molar-refractivity contribution in [1.29, 1.82) is 0 Å². The van der Waals surface area contributed by atoms with Gasteiger partial charge in [-0.15, -0.1) is 0 Å². The van der Waals surface area contributed by atoms with Crippen LogP contribution in [0.1, 0.15) is 47.5 Å². The van der Waals surface area contributed by atoms with Gasteiger partial charge in [0.2, 0.25) is 0 Å². The van der Waals surface area contributed by atoms with E-state index in [-0.39, 0.29) is 17.3 Å². The standard InChI is InChI=1S/C13H14O3/c14-12-4-2-1-3-11(12)9-5-7-10(8-6-9)13(15)16/h5-8,11H,1-4H2,(H,15,16)/t11-/m1/s1. The third kappa shape index (κ3) is 2.13. The molecule has 1 saturated carbocycles. The predicted molar refractivity (Wildman–Crippen MR) is 59.6 cm³/mol. The molecule has 0 aliphatic heterocycles. The lowest BCUT2D eigenvalue weighted by Gasteiger charge is -2.20. The average Bonchev–Trinajstić information content (AvgIpc) is 2.30. The number of aromatic carboxylic acids is 1. The molecule has 0 radical (unpaired) electrons. The highest BCUT2D eigenvalue weighted by atomic mass is 16.4. The van der Waals surface area contributed by atoms with Crippen molar-refractivity contribution in [2.24, 2.45) is 0 Å². The van der Waals surface area contributed by atoms with Crippen molar-refractivity contribution in [2.75, 3.05) is 0 Å². The second kappa shape index (κ2) is 4.47. The van der Waals surface area contributed by atoms with E-state index in [4.69, 9.17) is 5.11 Å². The van der Waals surface area contributed by atoms with E-state index in [1.807, 2.05) is 0 Å². The molecule has 1 aromatic rings. The first kappa shape index (κ1) is 10.9. The molecule has 0 saturated heterocycles. The Kier molecular flexibility index (Phi) is 3.04. The van der Waals surface area contributed by atoms with E-state index < -0.39 is 5.97 Å². The maximum atomic E-state index is 11.7. The Morgan fingerprint density at radius 3 is 2.44 bits per heavy atom. The molecule has 1 aliphatic rings. The van der Waals surface area contributed by atoms with Crippen LogP contribution in [0.3, 0.4) is 0 Å². The Labute approximate surface area is 94.1 Å². The van der Waals surface area contributed by atoms with Crippen LogP contribution in [0.2, 0.25) is 0 Å². The summed E-state index contributed by atoms with van der Waals surface area (Å²) in [5.41, 5.74) is 1.22. The third-order valence-corrected chi connectivity index (χ3v) is 3.11. The van der Waals surface area contributed by atoms with Gasteiger partial charge in [-0.2, -0.15) is 0 Å². The van der Waals surface area contributed by atoms with Crippen LogP contribution in [0.4, 0.5) is 0 Å². The molecule has 3 nitrogen and oxygen atoms in total. The molecule has 0 aromatic heterocycles. The van der Waals surface area contributed by atoms with Crippen molar-refractivity contribution < 1.29 is 14.7 Å². The summed E-state index contributed by atoms with van der Waals surface area (Å²) >= 11 is 0. The lowest BCUT2D eigenvalue weighted by molar-refractivity contribution is -0.121. The van der Waals surface area contributed by atoms with Crippen LogP contribution >= 0.6 is 0 Å². The largest absolute Gasteiger partial charge is 0.478 e. The number of hydrogen-bond donors (Lipinski definition) is 1. The van der Waals surface area contributed by atoms with Crippen molar-refractivity contribution in [1.82, 2.24) is 0 Å². The summed E-state index contributed by atoms with van der Waals surface area (Å²) < 4.78 is 0. The molecule has 16 heavy (non-hydrogen) atoms. The van der Waals surface area contributed by atoms with Crippen molar-refractivity contribution in [3.8, 4) is 0 Å². The van der Waals surface area contributed by atoms with Crippen LogP contribution in [0, 0.1) is 0 Å². The van der Waals surface area contributed by atoms with Gasteiger partial charge in [-0.25, -0.2) is 4.79 Å². The van der Waals surface area contributed by atoms with Crippen LogP contribution in [-0.2, 0) is 4.79 Å². The minimum Gasteiger partial charge on any atom is -0.478 e. The molecule has 2 rings (SSSR count). The second-order valence-electron chi connectivity index (χ2n) is 4.19. The summed E-state index contributed by atoms with van der Waals surface area (Å²) in [7, 11) is 0. The number of ketones is 1. The minimum absolute atomic E-state index is 0.0170. The number of rotatable bonds is 2. The van der Waals surface area contributed by atoms with Crippen LogP contribution in [0.25, 0.3) is 0 Å². The fourth-order valence-corrected chi connectivity index (χ4v) is 2.19. The van der Waals surface area contributed by atoms with E-state index in [0.717, 1.165) is 24.8 Å². The molecule has 0 spiro atoms. The van der Waals surface area contributed by atoms with Gasteiger partial charge >= 0.3 is 5.97 Å². The number of carboxylic acids is 1. The van der Waals surface area contributed by atoms with Crippen LogP contribution in [0.5, 0.6) is 0 Å². The van der Waals surface area contributed by atoms with Crippen LogP contribution < -0.4 is 0 Å². The van der Waals surface area contributed by atoms with E-state index in [1.165, 1.54) is 0 Å². The van der Waals surface area contributed by atoms with Gasteiger partial charge in [0.1, 0.15) is 5.78 Å². The van der Waals surface area contributed by atoms with Crippen molar-refractivity contribution >= 4 is 11.8 Å². The molecule has 1 aliphatic carbocycles. The molecule has 1 fully saturated rings. The first-order valence-corrected chi connectivity index (χ1v) is 5.54. The average molecular weight is 218 g/mol. The van der Waals surface area contributed by atoms with Crippen LogP contribution in [0.15, 0.2) is 24.3 Å². The van der Waals surface area contributed by atoms with Gasteiger partial charge in [0.25, 0.3) is 0 Å². The first-order chi connectivity index (χ1) is 7.68. The maximum absolute atomic E-state index is 11.7. The SMILES string of the molecule is O=C(O)c1ccc([C@H]2CCCCC2=O)cc1. The first-order valence-electron chi connectivity index (χ1n) is 5.54. The lowest BCUT2D eigenvalue weighted by Crippen LogP contribution is -2.17. The summed E-state index contributed by atoms with van der Waals surface area (Å²) in [6, 6.07) is 6.66. The number of carboxylic acid groups (broad SMARTS) is 1. The molecule has 1 N–H and O–H groups in total. The zero-order valence-corrected chi connectivity index (χ0v) is 8.98. The van der Waals surface area contributed by atoms with Gasteiger partial charge in [-0.05, 0) is 30.5 Å². The normalized spacial score (nSPS) is 20.8. The molecule has 0 heterocycles. The Hall–Kier alpha value is -1.64. The molecule has 1 aromatic carbocycles. The molecule has 0 unspecified atom stereocenters. The number of Topliss-reactive ketones (excluding diaryl/α,β-unsaturated/α-hetero) is 1. The lowest BCUT2D eigenvalue weighted by atomic mass is 9.83. The monoisotopic (exact) mass is 218 g/mol. The van der Waals surface area contributed by atoms with E-state index in [0.29, 0.717) is 6.42 Å². The molecule has 0 bridgehead atoms. The van der Waals surface area contributed by atoms with Gasteiger partial charge < -0.3 is 5.11 Å². The Morgan fingerprint density at radius 1 is 1.19 bits per heavy atom. The quantitative estimate of drug-likeness (QED) is 0.830. The van der Waals surface area contributed by atoms with E-state index in [9.17, 15) is 9.59 Å². The van der Waals surface area contributed by atoms with Gasteiger partial charge in [-0.1, -0.05) is 18.6 Å². The van der Waals surface area contributed by atoms with Crippen molar-refractivity contribution in [3.63, 3.8) is 0 Å². The summed E-state index contributed by atoms with van der Waals surface area (Å²) in [6.07, 6.45) is 3.62. The highest BCUT2D eigenvalue weighted by Crippen LogP contribution is 2.29. The minimum atomic E-state index is -0.929. The molecular weight excluding hydrogens is 204 g/mol. The van der Waals surface area contributed by atoms with Crippen molar-refractivity contribution in [3.05, 3.63) is 35.4 Å². The molecule has 1 atom stereocenters. The number of hydrogen-bond acceptors (Lipinski definition) is 2. The Bertz CT molecular complexity index is 406. The Morgan fingerprint density at radius 2 is 1.88 bits per heavy atom. The van der Waals surface area contributed by atoms with Crippen LogP contribution in [-0.4, -0.2) is 16.9 Å². The number of carbonyl (C=O) groups excluding carboxylic acids is 1. The smallest absolute Gasteiger partial charge is 0.335 e.